The number of carbonyl (C=O) groups excluding carboxylic acids is 1. The highest BCUT2D eigenvalue weighted by Gasteiger charge is 2.19. The van der Waals surface area contributed by atoms with Crippen molar-refractivity contribution in [2.45, 2.75) is 0 Å². The molecule has 0 aliphatic carbocycles. The van der Waals surface area contributed by atoms with Crippen LogP contribution in [0.3, 0.4) is 0 Å². The molecule has 94 valence electrons. The minimum absolute atomic E-state index is 0.0190. The van der Waals surface area contributed by atoms with Crippen molar-refractivity contribution in [3.8, 4) is 11.4 Å². The predicted molar refractivity (Wildman–Crippen MR) is 65.0 cm³/mol. The number of hydrogen-bond donors (Lipinski definition) is 1. The fourth-order valence-electron chi connectivity index (χ4n) is 1.36. The van der Waals surface area contributed by atoms with Gasteiger partial charge in [0.1, 0.15) is 10.8 Å². The molecule has 2 heterocycles. The molecule has 2 N–H and O–H groups in total. The summed E-state index contributed by atoms with van der Waals surface area (Å²) in [5.41, 5.74) is 6.21. The Bertz CT molecular complexity index is 610. The maximum atomic E-state index is 11.5. The van der Waals surface area contributed by atoms with Gasteiger partial charge in [-0.15, -0.1) is 0 Å². The zero-order valence-electron chi connectivity index (χ0n) is 9.72. The molecule has 18 heavy (non-hydrogen) atoms. The Labute approximate surface area is 108 Å². The van der Waals surface area contributed by atoms with E-state index in [0.29, 0.717) is 5.56 Å². The molecular weight excluding hydrogens is 258 g/mol. The molecule has 0 radical (unpaired) electrons. The monoisotopic (exact) mass is 267 g/mol. The average Bonchev–Trinajstić information content (AvgIpc) is 2.78. The summed E-state index contributed by atoms with van der Waals surface area (Å²) < 4.78 is 6.16. The topological polar surface area (TPSA) is 95.9 Å². The van der Waals surface area contributed by atoms with E-state index in [-0.39, 0.29) is 22.4 Å². The zero-order valence-corrected chi connectivity index (χ0v) is 10.5. The molecule has 2 aromatic heterocycles. The maximum absolute atomic E-state index is 11.5. The van der Waals surface area contributed by atoms with Crippen LogP contribution in [0.25, 0.3) is 11.4 Å². The Kier molecular flexibility index (Phi) is 3.15. The van der Waals surface area contributed by atoms with E-state index in [1.807, 2.05) is 0 Å². The molecule has 0 saturated carbocycles. The van der Waals surface area contributed by atoms with Crippen LogP contribution in [0.1, 0.15) is 10.5 Å². The van der Waals surface area contributed by atoms with Crippen LogP contribution in [0.4, 0.5) is 5.82 Å². The van der Waals surface area contributed by atoms with Gasteiger partial charge in [0.05, 0.1) is 18.9 Å². The van der Waals surface area contributed by atoms with Gasteiger partial charge in [-0.25, -0.2) is 14.8 Å². The molecule has 0 atom stereocenters. The standard InChI is InChI=1S/C10H10ClN5O2/c1-16-4-5(3-13-16)9-14-7(10(17)18-2)6(11)8(12)15-9/h3-4H,1-2H3,(H2,12,14,15). The van der Waals surface area contributed by atoms with E-state index < -0.39 is 5.97 Å². The lowest BCUT2D eigenvalue weighted by atomic mass is 10.3. The van der Waals surface area contributed by atoms with Crippen LogP contribution in [-0.4, -0.2) is 32.8 Å². The SMILES string of the molecule is COC(=O)c1nc(-c2cnn(C)c2)nc(N)c1Cl. The molecule has 7 nitrogen and oxygen atoms in total. The average molecular weight is 268 g/mol. The Hall–Kier alpha value is -2.15. The molecule has 2 aromatic rings. The van der Waals surface area contributed by atoms with E-state index in [9.17, 15) is 4.79 Å². The summed E-state index contributed by atoms with van der Waals surface area (Å²) in [4.78, 5) is 19.5. The number of ether oxygens (including phenoxy) is 1. The summed E-state index contributed by atoms with van der Waals surface area (Å²) in [7, 11) is 2.99. The van der Waals surface area contributed by atoms with Crippen molar-refractivity contribution in [3.63, 3.8) is 0 Å². The van der Waals surface area contributed by atoms with Crippen LogP contribution in [-0.2, 0) is 11.8 Å². The van der Waals surface area contributed by atoms with E-state index in [0.717, 1.165) is 0 Å². The number of rotatable bonds is 2. The van der Waals surface area contributed by atoms with Gasteiger partial charge in [-0.1, -0.05) is 11.6 Å². The minimum atomic E-state index is -0.667. The maximum Gasteiger partial charge on any atom is 0.358 e. The fourth-order valence-corrected chi connectivity index (χ4v) is 1.52. The lowest BCUT2D eigenvalue weighted by Crippen LogP contribution is -2.09. The van der Waals surface area contributed by atoms with Crippen LogP contribution in [0.2, 0.25) is 5.02 Å². The molecular formula is C10H10ClN5O2. The lowest BCUT2D eigenvalue weighted by molar-refractivity contribution is 0.0594. The number of methoxy groups -OCH3 is 1. The number of nitrogen functional groups attached to an aromatic ring is 1. The second-order valence-corrected chi connectivity index (χ2v) is 3.87. The molecule has 0 aliphatic heterocycles. The van der Waals surface area contributed by atoms with E-state index in [4.69, 9.17) is 17.3 Å². The van der Waals surface area contributed by atoms with Gasteiger partial charge < -0.3 is 10.5 Å². The molecule has 0 amide bonds. The molecule has 0 bridgehead atoms. The largest absolute Gasteiger partial charge is 0.464 e. The Morgan fingerprint density at radius 3 is 2.78 bits per heavy atom. The molecule has 0 fully saturated rings. The molecule has 0 spiro atoms. The number of aromatic nitrogens is 4. The highest BCUT2D eigenvalue weighted by Crippen LogP contribution is 2.24. The third kappa shape index (κ3) is 2.12. The van der Waals surface area contributed by atoms with Crippen molar-refractivity contribution in [2.24, 2.45) is 7.05 Å². The summed E-state index contributed by atoms with van der Waals surface area (Å²) in [6.45, 7) is 0. The minimum Gasteiger partial charge on any atom is -0.464 e. The van der Waals surface area contributed by atoms with Crippen LogP contribution >= 0.6 is 11.6 Å². The van der Waals surface area contributed by atoms with Crippen molar-refractivity contribution < 1.29 is 9.53 Å². The summed E-state index contributed by atoms with van der Waals surface area (Å²) in [5, 5.41) is 3.97. The van der Waals surface area contributed by atoms with E-state index in [1.54, 1.807) is 24.1 Å². The Morgan fingerprint density at radius 1 is 1.50 bits per heavy atom. The molecule has 0 aliphatic rings. The highest BCUT2D eigenvalue weighted by molar-refractivity contribution is 6.35. The van der Waals surface area contributed by atoms with Gasteiger partial charge in [0.2, 0.25) is 0 Å². The van der Waals surface area contributed by atoms with E-state index in [2.05, 4.69) is 19.8 Å². The summed E-state index contributed by atoms with van der Waals surface area (Å²) >= 11 is 5.86. The Balaban J connectivity index is 2.57. The first-order chi connectivity index (χ1) is 8.52. The van der Waals surface area contributed by atoms with Crippen molar-refractivity contribution in [3.05, 3.63) is 23.1 Å². The number of nitrogens with zero attached hydrogens (tertiary/aromatic N) is 4. The number of nitrogens with two attached hydrogens (primary N) is 1. The van der Waals surface area contributed by atoms with Crippen molar-refractivity contribution in [2.75, 3.05) is 12.8 Å². The first-order valence-corrected chi connectivity index (χ1v) is 5.31. The Morgan fingerprint density at radius 2 is 2.22 bits per heavy atom. The van der Waals surface area contributed by atoms with Crippen LogP contribution in [0.15, 0.2) is 12.4 Å². The number of halogens is 1. The summed E-state index contributed by atoms with van der Waals surface area (Å²) in [6, 6.07) is 0. The van der Waals surface area contributed by atoms with Gasteiger partial charge >= 0.3 is 5.97 Å². The van der Waals surface area contributed by atoms with Crippen LogP contribution < -0.4 is 5.73 Å². The molecule has 0 unspecified atom stereocenters. The summed E-state index contributed by atoms with van der Waals surface area (Å²) in [5.74, 6) is -0.379. The normalized spacial score (nSPS) is 10.4. The predicted octanol–water partition coefficient (Wildman–Crippen LogP) is 0.899. The number of anilines is 1. The third-order valence-corrected chi connectivity index (χ3v) is 2.59. The summed E-state index contributed by atoms with van der Waals surface area (Å²) in [6.07, 6.45) is 3.26. The lowest BCUT2D eigenvalue weighted by Gasteiger charge is -2.05. The van der Waals surface area contributed by atoms with E-state index in [1.165, 1.54) is 7.11 Å². The van der Waals surface area contributed by atoms with Gasteiger partial charge in [-0.3, -0.25) is 4.68 Å². The number of esters is 1. The van der Waals surface area contributed by atoms with Gasteiger partial charge in [-0.2, -0.15) is 5.10 Å². The number of aryl methyl sites for hydroxylation is 1. The van der Waals surface area contributed by atoms with Gasteiger partial charge in [0, 0.05) is 13.2 Å². The number of carbonyl (C=O) groups is 1. The highest BCUT2D eigenvalue weighted by atomic mass is 35.5. The first-order valence-electron chi connectivity index (χ1n) is 4.93. The van der Waals surface area contributed by atoms with Gasteiger partial charge in [0.25, 0.3) is 0 Å². The van der Waals surface area contributed by atoms with Gasteiger partial charge in [-0.05, 0) is 0 Å². The quantitative estimate of drug-likeness (QED) is 0.812. The van der Waals surface area contributed by atoms with Crippen molar-refractivity contribution in [1.29, 1.82) is 0 Å². The molecule has 0 saturated heterocycles. The zero-order chi connectivity index (χ0) is 13.3. The smallest absolute Gasteiger partial charge is 0.358 e. The second-order valence-electron chi connectivity index (χ2n) is 3.49. The third-order valence-electron chi connectivity index (χ3n) is 2.22. The van der Waals surface area contributed by atoms with Crippen molar-refractivity contribution >= 4 is 23.4 Å². The fraction of sp³-hybridized carbons (Fsp3) is 0.200. The first kappa shape index (κ1) is 12.3. The van der Waals surface area contributed by atoms with Gasteiger partial charge in [0.15, 0.2) is 11.5 Å². The number of hydrogen-bond acceptors (Lipinski definition) is 6. The second kappa shape index (κ2) is 4.61. The van der Waals surface area contributed by atoms with Crippen LogP contribution in [0.5, 0.6) is 0 Å². The van der Waals surface area contributed by atoms with Crippen molar-refractivity contribution in [1.82, 2.24) is 19.7 Å². The molecule has 8 heteroatoms. The molecule has 2 rings (SSSR count). The van der Waals surface area contributed by atoms with Crippen LogP contribution in [0, 0.1) is 0 Å². The molecule has 0 aromatic carbocycles. The van der Waals surface area contributed by atoms with E-state index >= 15 is 0 Å².